The topological polar surface area (TPSA) is 52.0 Å². The summed E-state index contributed by atoms with van der Waals surface area (Å²) < 4.78 is 0. The van der Waals surface area contributed by atoms with E-state index in [-0.39, 0.29) is 0 Å². The third-order valence-corrected chi connectivity index (χ3v) is 12.1. The van der Waals surface area contributed by atoms with Crippen molar-refractivity contribution >= 4 is 11.4 Å². The van der Waals surface area contributed by atoms with E-state index in [2.05, 4.69) is 111 Å². The number of rotatable bonds is 30. The maximum atomic E-state index is 5.98. The number of benzene rings is 4. The molecule has 2 heteroatoms. The zero-order valence-electron chi connectivity index (χ0n) is 35.2. The van der Waals surface area contributed by atoms with Gasteiger partial charge in [0.15, 0.2) is 0 Å². The minimum Gasteiger partial charge on any atom is -0.399 e. The predicted octanol–water partition coefficient (Wildman–Crippen LogP) is 15.9. The van der Waals surface area contributed by atoms with Crippen LogP contribution in [0, 0.1) is 0 Å². The van der Waals surface area contributed by atoms with Crippen LogP contribution in [0.4, 0.5) is 11.4 Å². The van der Waals surface area contributed by atoms with Gasteiger partial charge in [0.1, 0.15) is 0 Å². The Morgan fingerprint density at radius 1 is 0.309 bits per heavy atom. The Balaban J connectivity index is 0.962. The van der Waals surface area contributed by atoms with E-state index >= 15 is 0 Å². The molecular weight excluding hydrogens is 665 g/mol. The molecule has 2 nitrogen and oxygen atoms in total. The van der Waals surface area contributed by atoms with Crippen LogP contribution in [0.3, 0.4) is 0 Å². The molecule has 0 aliphatic heterocycles. The highest BCUT2D eigenvalue weighted by atomic mass is 14.5. The van der Waals surface area contributed by atoms with E-state index < -0.39 is 0 Å². The van der Waals surface area contributed by atoms with E-state index in [1.807, 2.05) is 0 Å². The highest BCUT2D eigenvalue weighted by Gasteiger charge is 2.15. The van der Waals surface area contributed by atoms with Crippen molar-refractivity contribution in [1.29, 1.82) is 0 Å². The molecule has 4 aromatic rings. The summed E-state index contributed by atoms with van der Waals surface area (Å²) in [6, 6.07) is 36.2. The Hall–Kier alpha value is -3.52. The third-order valence-electron chi connectivity index (χ3n) is 12.1. The number of hydrogen-bond acceptors (Lipinski definition) is 2. The molecule has 0 bridgehead atoms. The monoisotopic (exact) mass is 743 g/mol. The smallest absolute Gasteiger partial charge is 0.0314 e. The molecule has 55 heavy (non-hydrogen) atoms. The van der Waals surface area contributed by atoms with Crippen LogP contribution in [-0.2, 0) is 12.8 Å². The van der Waals surface area contributed by atoms with Gasteiger partial charge in [0.25, 0.3) is 0 Å². The van der Waals surface area contributed by atoms with Gasteiger partial charge in [-0.1, -0.05) is 209 Å². The molecule has 0 fully saturated rings. The van der Waals surface area contributed by atoms with Crippen molar-refractivity contribution in [3.63, 3.8) is 0 Å². The SMILES string of the molecule is CCCCCC(c1ccc(N)cc1)c1ccc(CCCCCCCCCCCCCCCCCc2ccc(C(CCCCC)c3ccc(N)cc3)cc2)cc1. The number of aryl methyl sites for hydroxylation is 2. The van der Waals surface area contributed by atoms with Gasteiger partial charge >= 0.3 is 0 Å². The number of hydrogen-bond donors (Lipinski definition) is 2. The molecule has 0 radical (unpaired) electrons. The van der Waals surface area contributed by atoms with E-state index in [0.29, 0.717) is 11.8 Å². The average molecular weight is 743 g/mol. The maximum absolute atomic E-state index is 5.98. The Morgan fingerprint density at radius 2 is 0.564 bits per heavy atom. The molecule has 0 aromatic heterocycles. The molecule has 0 aliphatic rings. The Morgan fingerprint density at radius 3 is 0.836 bits per heavy atom. The molecule has 2 unspecified atom stereocenters. The van der Waals surface area contributed by atoms with Crippen LogP contribution in [0.15, 0.2) is 97.1 Å². The Bertz CT molecular complexity index is 1390. The summed E-state index contributed by atoms with van der Waals surface area (Å²) in [4.78, 5) is 0. The van der Waals surface area contributed by atoms with Crippen molar-refractivity contribution < 1.29 is 0 Å². The molecule has 2 atom stereocenters. The van der Waals surface area contributed by atoms with Gasteiger partial charge in [-0.3, -0.25) is 0 Å². The zero-order chi connectivity index (χ0) is 38.8. The van der Waals surface area contributed by atoms with Crippen LogP contribution in [0.1, 0.15) is 207 Å². The molecule has 0 saturated heterocycles. The van der Waals surface area contributed by atoms with Gasteiger partial charge in [0, 0.05) is 23.2 Å². The van der Waals surface area contributed by atoms with Crippen molar-refractivity contribution in [2.75, 3.05) is 11.5 Å². The normalized spacial score (nSPS) is 12.5. The fourth-order valence-electron chi connectivity index (χ4n) is 8.49. The molecule has 4 rings (SSSR count). The van der Waals surface area contributed by atoms with E-state index in [9.17, 15) is 0 Å². The van der Waals surface area contributed by atoms with Crippen LogP contribution in [0.2, 0.25) is 0 Å². The van der Waals surface area contributed by atoms with Gasteiger partial charge < -0.3 is 11.5 Å². The molecule has 0 saturated carbocycles. The third kappa shape index (κ3) is 17.4. The molecule has 0 amide bonds. The molecule has 300 valence electrons. The summed E-state index contributed by atoms with van der Waals surface area (Å²) in [5.74, 6) is 0.942. The standard InChI is InChI=1S/C53H78N2/c1-3-5-20-26-52(48-36-40-50(54)41-37-48)46-32-28-44(29-33-46)24-22-18-16-14-12-10-8-7-9-11-13-15-17-19-23-25-45-30-34-47(35-31-45)53(27-21-6-4-2)49-38-42-51(55)43-39-49/h28-43,52-53H,3-27,54-55H2,1-2H3. The highest BCUT2D eigenvalue weighted by molar-refractivity contribution is 5.44. The molecule has 0 aliphatic carbocycles. The van der Waals surface area contributed by atoms with Gasteiger partial charge in [-0.05, 0) is 96.2 Å². The maximum Gasteiger partial charge on any atom is 0.0314 e. The Kier molecular flexibility index (Phi) is 21.8. The molecule has 0 heterocycles. The first-order valence-corrected chi connectivity index (χ1v) is 23.0. The second-order valence-electron chi connectivity index (χ2n) is 16.7. The summed E-state index contributed by atoms with van der Waals surface area (Å²) >= 11 is 0. The minimum absolute atomic E-state index is 0.471. The lowest BCUT2D eigenvalue weighted by molar-refractivity contribution is 0.530. The van der Waals surface area contributed by atoms with Gasteiger partial charge in [-0.2, -0.15) is 0 Å². The lowest BCUT2D eigenvalue weighted by atomic mass is 9.86. The summed E-state index contributed by atoms with van der Waals surface area (Å²) in [7, 11) is 0. The minimum atomic E-state index is 0.471. The number of unbranched alkanes of at least 4 members (excludes halogenated alkanes) is 18. The van der Waals surface area contributed by atoms with Crippen LogP contribution in [0.5, 0.6) is 0 Å². The van der Waals surface area contributed by atoms with Crippen LogP contribution >= 0.6 is 0 Å². The van der Waals surface area contributed by atoms with Gasteiger partial charge in [0.2, 0.25) is 0 Å². The van der Waals surface area contributed by atoms with E-state index in [1.165, 1.54) is 194 Å². The summed E-state index contributed by atoms with van der Waals surface area (Å²) in [5, 5.41) is 0. The van der Waals surface area contributed by atoms with Crippen molar-refractivity contribution in [3.05, 3.63) is 130 Å². The van der Waals surface area contributed by atoms with Crippen LogP contribution in [-0.4, -0.2) is 0 Å². The van der Waals surface area contributed by atoms with E-state index in [1.54, 1.807) is 0 Å². The second kappa shape index (κ2) is 27.1. The highest BCUT2D eigenvalue weighted by Crippen LogP contribution is 2.32. The van der Waals surface area contributed by atoms with Crippen molar-refractivity contribution in [3.8, 4) is 0 Å². The summed E-state index contributed by atoms with van der Waals surface area (Å²) in [5.41, 5.74) is 22.3. The van der Waals surface area contributed by atoms with E-state index in [0.717, 1.165) is 11.4 Å². The zero-order valence-corrected chi connectivity index (χ0v) is 35.2. The lowest BCUT2D eigenvalue weighted by Gasteiger charge is -2.19. The average Bonchev–Trinajstić information content (AvgIpc) is 3.21. The summed E-state index contributed by atoms with van der Waals surface area (Å²) in [6.07, 6.45) is 33.5. The van der Waals surface area contributed by atoms with Crippen LogP contribution in [0.25, 0.3) is 0 Å². The molecule has 0 spiro atoms. The number of anilines is 2. The first kappa shape index (κ1) is 44.2. The van der Waals surface area contributed by atoms with Crippen LogP contribution < -0.4 is 11.5 Å². The molecular formula is C53H78N2. The van der Waals surface area contributed by atoms with Crippen molar-refractivity contribution in [2.24, 2.45) is 0 Å². The number of nitrogens with two attached hydrogens (primary N) is 2. The Labute approximate surface area is 338 Å². The fraction of sp³-hybridized carbons (Fsp3) is 0.547. The summed E-state index contributed by atoms with van der Waals surface area (Å²) in [6.45, 7) is 4.57. The molecule has 4 N–H and O–H groups in total. The lowest BCUT2D eigenvalue weighted by Crippen LogP contribution is -2.02. The molecule has 4 aromatic carbocycles. The van der Waals surface area contributed by atoms with Gasteiger partial charge in [0.05, 0.1) is 0 Å². The van der Waals surface area contributed by atoms with Crippen molar-refractivity contribution in [2.45, 2.75) is 186 Å². The quantitative estimate of drug-likeness (QED) is 0.0413. The first-order chi connectivity index (χ1) is 27.1. The fourth-order valence-corrected chi connectivity index (χ4v) is 8.49. The van der Waals surface area contributed by atoms with Gasteiger partial charge in [-0.15, -0.1) is 0 Å². The predicted molar refractivity (Wildman–Crippen MR) is 243 cm³/mol. The largest absolute Gasteiger partial charge is 0.399 e. The van der Waals surface area contributed by atoms with Crippen molar-refractivity contribution in [1.82, 2.24) is 0 Å². The van der Waals surface area contributed by atoms with Gasteiger partial charge in [-0.25, -0.2) is 0 Å². The first-order valence-electron chi connectivity index (χ1n) is 23.0. The number of nitrogen functional groups attached to an aromatic ring is 2. The second-order valence-corrected chi connectivity index (χ2v) is 16.7. The van der Waals surface area contributed by atoms with E-state index in [4.69, 9.17) is 11.5 Å².